The first kappa shape index (κ1) is 16.4. The predicted molar refractivity (Wildman–Crippen MR) is 79.3 cm³/mol. The molecule has 22 heavy (non-hydrogen) atoms. The van der Waals surface area contributed by atoms with Gasteiger partial charge in [-0.05, 0) is 12.3 Å². The van der Waals surface area contributed by atoms with E-state index in [1.807, 2.05) is 4.90 Å². The van der Waals surface area contributed by atoms with Gasteiger partial charge in [0.2, 0.25) is 5.91 Å². The summed E-state index contributed by atoms with van der Waals surface area (Å²) in [6.45, 7) is 6.35. The second-order valence-corrected chi connectivity index (χ2v) is 5.91. The highest BCUT2D eigenvalue weighted by atomic mass is 16.6. The highest BCUT2D eigenvalue weighted by molar-refractivity contribution is 5.76. The minimum absolute atomic E-state index is 0.0482. The fraction of sp³-hybridized carbons (Fsp3) is 0.714. The van der Waals surface area contributed by atoms with Crippen LogP contribution in [0, 0.1) is 16.0 Å². The Hall–Kier alpha value is -1.96. The molecule has 2 rings (SSSR count). The summed E-state index contributed by atoms with van der Waals surface area (Å²) in [6.07, 6.45) is 3.74. The normalized spacial score (nSPS) is 18.7. The number of amides is 1. The number of morpholine rings is 1. The Morgan fingerprint density at radius 1 is 1.59 bits per heavy atom. The maximum absolute atomic E-state index is 12.4. The first-order valence-electron chi connectivity index (χ1n) is 7.51. The summed E-state index contributed by atoms with van der Waals surface area (Å²) < 4.78 is 6.91. The van der Waals surface area contributed by atoms with Crippen LogP contribution >= 0.6 is 0 Å². The molecule has 1 aromatic rings. The summed E-state index contributed by atoms with van der Waals surface area (Å²) >= 11 is 0. The Bertz CT molecular complexity index is 529. The van der Waals surface area contributed by atoms with Gasteiger partial charge in [0.05, 0.1) is 24.2 Å². The molecule has 0 bridgehead atoms. The van der Waals surface area contributed by atoms with Crippen LogP contribution in [0.5, 0.6) is 0 Å². The van der Waals surface area contributed by atoms with Gasteiger partial charge in [-0.15, -0.1) is 0 Å². The van der Waals surface area contributed by atoms with Gasteiger partial charge >= 0.3 is 5.69 Å². The van der Waals surface area contributed by atoms with Crippen molar-refractivity contribution in [1.29, 1.82) is 0 Å². The smallest absolute Gasteiger partial charge is 0.306 e. The summed E-state index contributed by atoms with van der Waals surface area (Å²) in [6, 6.07) is 0.119. The molecule has 2 heterocycles. The maximum atomic E-state index is 12.4. The molecule has 1 atom stereocenters. The van der Waals surface area contributed by atoms with Crippen LogP contribution in [0.25, 0.3) is 0 Å². The lowest BCUT2D eigenvalue weighted by Crippen LogP contribution is -2.49. The van der Waals surface area contributed by atoms with Gasteiger partial charge in [0.15, 0.2) is 0 Å². The molecule has 0 radical (unpaired) electrons. The molecule has 1 fully saturated rings. The molecule has 1 aromatic heterocycles. The van der Waals surface area contributed by atoms with Crippen LogP contribution in [0.1, 0.15) is 26.7 Å². The molecule has 1 unspecified atom stereocenters. The molecule has 1 saturated heterocycles. The zero-order valence-corrected chi connectivity index (χ0v) is 13.0. The standard InChI is InChI=1S/C14H22N4O4/c1-11(2)7-12-10-22-6-5-17(12)14(19)3-4-16-9-13(8-15-16)18(20)21/h8-9,11-12H,3-7,10H2,1-2H3. The molecule has 0 aromatic carbocycles. The van der Waals surface area contributed by atoms with E-state index in [0.29, 0.717) is 32.2 Å². The fourth-order valence-corrected chi connectivity index (χ4v) is 2.65. The Balaban J connectivity index is 1.90. The van der Waals surface area contributed by atoms with E-state index in [4.69, 9.17) is 4.74 Å². The van der Waals surface area contributed by atoms with Gasteiger partial charge in [-0.3, -0.25) is 19.6 Å². The Labute approximate surface area is 129 Å². The van der Waals surface area contributed by atoms with Crippen molar-refractivity contribution in [2.24, 2.45) is 5.92 Å². The quantitative estimate of drug-likeness (QED) is 0.586. The average molecular weight is 310 g/mol. The van der Waals surface area contributed by atoms with Crippen LogP contribution in [0.2, 0.25) is 0 Å². The topological polar surface area (TPSA) is 90.5 Å². The van der Waals surface area contributed by atoms with Gasteiger partial charge in [-0.2, -0.15) is 5.10 Å². The first-order valence-corrected chi connectivity index (χ1v) is 7.51. The molecule has 8 heteroatoms. The predicted octanol–water partition coefficient (Wildman–Crippen LogP) is 1.45. The van der Waals surface area contributed by atoms with Crippen molar-refractivity contribution in [3.8, 4) is 0 Å². The number of carbonyl (C=O) groups excluding carboxylic acids is 1. The van der Waals surface area contributed by atoms with E-state index in [9.17, 15) is 14.9 Å². The Morgan fingerprint density at radius 2 is 2.36 bits per heavy atom. The maximum Gasteiger partial charge on any atom is 0.306 e. The van der Waals surface area contributed by atoms with Gasteiger partial charge in [0.25, 0.3) is 0 Å². The molecule has 0 saturated carbocycles. The van der Waals surface area contributed by atoms with E-state index in [2.05, 4.69) is 18.9 Å². The van der Waals surface area contributed by atoms with Crippen molar-refractivity contribution in [2.45, 2.75) is 39.3 Å². The minimum atomic E-state index is -0.494. The summed E-state index contributed by atoms with van der Waals surface area (Å²) in [4.78, 5) is 24.4. The molecule has 0 aliphatic carbocycles. The molecule has 122 valence electrons. The van der Waals surface area contributed by atoms with Crippen molar-refractivity contribution in [1.82, 2.24) is 14.7 Å². The van der Waals surface area contributed by atoms with Gasteiger partial charge < -0.3 is 9.64 Å². The van der Waals surface area contributed by atoms with Gasteiger partial charge in [0.1, 0.15) is 12.4 Å². The van der Waals surface area contributed by atoms with E-state index < -0.39 is 4.92 Å². The molecule has 0 N–H and O–H groups in total. The summed E-state index contributed by atoms with van der Waals surface area (Å²) in [5.74, 6) is 0.544. The van der Waals surface area contributed by atoms with Crippen LogP contribution in [-0.2, 0) is 16.1 Å². The lowest BCUT2D eigenvalue weighted by Gasteiger charge is -2.36. The highest BCUT2D eigenvalue weighted by Gasteiger charge is 2.27. The number of aryl methyl sites for hydroxylation is 1. The third kappa shape index (κ3) is 4.27. The lowest BCUT2D eigenvalue weighted by molar-refractivity contribution is -0.385. The minimum Gasteiger partial charge on any atom is -0.377 e. The van der Waals surface area contributed by atoms with Gasteiger partial charge in [0, 0.05) is 19.5 Å². The number of aromatic nitrogens is 2. The second kappa shape index (κ2) is 7.35. The van der Waals surface area contributed by atoms with Gasteiger partial charge in [-0.25, -0.2) is 0 Å². The number of hydrogen-bond acceptors (Lipinski definition) is 5. The average Bonchev–Trinajstić information content (AvgIpc) is 2.94. The zero-order valence-electron chi connectivity index (χ0n) is 13.0. The first-order chi connectivity index (χ1) is 10.5. The van der Waals surface area contributed by atoms with Crippen molar-refractivity contribution < 1.29 is 14.5 Å². The number of nitrogens with zero attached hydrogens (tertiary/aromatic N) is 4. The molecular formula is C14H22N4O4. The van der Waals surface area contributed by atoms with E-state index in [0.717, 1.165) is 6.42 Å². The number of ether oxygens (including phenoxy) is 1. The number of rotatable bonds is 6. The second-order valence-electron chi connectivity index (χ2n) is 5.91. The lowest BCUT2D eigenvalue weighted by atomic mass is 10.0. The molecule has 1 aliphatic heterocycles. The van der Waals surface area contributed by atoms with Crippen LogP contribution in [0.3, 0.4) is 0 Å². The summed E-state index contributed by atoms with van der Waals surface area (Å²) in [5.41, 5.74) is -0.0588. The van der Waals surface area contributed by atoms with Crippen molar-refractivity contribution in [3.63, 3.8) is 0 Å². The van der Waals surface area contributed by atoms with Crippen molar-refractivity contribution in [3.05, 3.63) is 22.5 Å². The van der Waals surface area contributed by atoms with E-state index in [1.165, 1.54) is 17.1 Å². The van der Waals surface area contributed by atoms with Crippen molar-refractivity contribution >= 4 is 11.6 Å². The number of hydrogen-bond donors (Lipinski definition) is 0. The van der Waals surface area contributed by atoms with Crippen LogP contribution in [0.15, 0.2) is 12.4 Å². The summed E-state index contributed by atoms with van der Waals surface area (Å²) in [5, 5.41) is 14.5. The molecule has 8 nitrogen and oxygen atoms in total. The Morgan fingerprint density at radius 3 is 3.00 bits per heavy atom. The van der Waals surface area contributed by atoms with Crippen LogP contribution < -0.4 is 0 Å². The third-order valence-electron chi connectivity index (χ3n) is 3.68. The third-order valence-corrected chi connectivity index (χ3v) is 3.68. The van der Waals surface area contributed by atoms with Gasteiger partial charge in [-0.1, -0.05) is 13.8 Å². The number of nitro groups is 1. The largest absolute Gasteiger partial charge is 0.377 e. The van der Waals surface area contributed by atoms with E-state index in [1.54, 1.807) is 0 Å². The monoisotopic (exact) mass is 310 g/mol. The van der Waals surface area contributed by atoms with Crippen LogP contribution in [-0.4, -0.2) is 51.3 Å². The molecule has 1 amide bonds. The number of carbonyl (C=O) groups is 1. The highest BCUT2D eigenvalue weighted by Crippen LogP contribution is 2.17. The van der Waals surface area contributed by atoms with Crippen molar-refractivity contribution in [2.75, 3.05) is 19.8 Å². The molecular weight excluding hydrogens is 288 g/mol. The SMILES string of the molecule is CC(C)CC1COCCN1C(=O)CCn1cc([N+](=O)[O-])cn1. The Kier molecular flexibility index (Phi) is 5.48. The van der Waals surface area contributed by atoms with E-state index >= 15 is 0 Å². The zero-order chi connectivity index (χ0) is 16.1. The van der Waals surface area contributed by atoms with Crippen LogP contribution in [0.4, 0.5) is 5.69 Å². The summed E-state index contributed by atoms with van der Waals surface area (Å²) in [7, 11) is 0. The molecule has 1 aliphatic rings. The molecule has 0 spiro atoms. The fourth-order valence-electron chi connectivity index (χ4n) is 2.65. The van der Waals surface area contributed by atoms with E-state index in [-0.39, 0.29) is 24.1 Å².